The van der Waals surface area contributed by atoms with Gasteiger partial charge in [0.15, 0.2) is 0 Å². The Labute approximate surface area is 304 Å². The highest BCUT2D eigenvalue weighted by Gasteiger charge is 2.12. The second kappa shape index (κ2) is 35.1. The molecule has 0 rings (SSSR count). The zero-order valence-electron chi connectivity index (χ0n) is 33.6. The van der Waals surface area contributed by atoms with Gasteiger partial charge in [0.1, 0.15) is 0 Å². The van der Waals surface area contributed by atoms with E-state index in [9.17, 15) is 9.59 Å². The summed E-state index contributed by atoms with van der Waals surface area (Å²) in [5, 5.41) is 6.11. The number of nitrogens with one attached hydrogen (secondary N) is 2. The van der Waals surface area contributed by atoms with Crippen LogP contribution in [-0.4, -0.2) is 106 Å². The van der Waals surface area contributed by atoms with E-state index in [-0.39, 0.29) is 11.8 Å². The third kappa shape index (κ3) is 51.2. The summed E-state index contributed by atoms with van der Waals surface area (Å²) in [6.45, 7) is 15.2. The summed E-state index contributed by atoms with van der Waals surface area (Å²) < 4.78 is 36.2. The van der Waals surface area contributed by atoms with Crippen molar-refractivity contribution >= 4 is 22.2 Å². The van der Waals surface area contributed by atoms with Crippen LogP contribution in [0.4, 0.5) is 0 Å². The first kappa shape index (κ1) is 52.1. The van der Waals surface area contributed by atoms with E-state index in [1.54, 1.807) is 0 Å². The Morgan fingerprint density at radius 3 is 0.959 bits per heavy atom. The van der Waals surface area contributed by atoms with E-state index >= 15 is 0 Å². The molecular weight excluding hydrogens is 641 g/mol. The lowest BCUT2D eigenvalue weighted by atomic mass is 10.1. The lowest BCUT2D eigenvalue weighted by molar-refractivity contribution is -0.888. The van der Waals surface area contributed by atoms with Crippen molar-refractivity contribution in [2.45, 2.75) is 169 Å². The lowest BCUT2D eigenvalue weighted by Gasteiger charge is -2.28. The van der Waals surface area contributed by atoms with Crippen LogP contribution in [-0.2, 0) is 20.0 Å². The van der Waals surface area contributed by atoms with Crippen molar-refractivity contribution in [2.75, 3.05) is 67.5 Å². The van der Waals surface area contributed by atoms with E-state index < -0.39 is 10.4 Å². The van der Waals surface area contributed by atoms with Gasteiger partial charge in [0.2, 0.25) is 11.8 Å². The number of hydrogen-bond donors (Lipinski definition) is 2. The molecule has 0 aromatic heterocycles. The van der Waals surface area contributed by atoms with E-state index in [0.717, 1.165) is 73.9 Å². The maximum Gasteiger partial charge on any atom is 0.219 e. The summed E-state index contributed by atoms with van der Waals surface area (Å²) in [6.07, 6.45) is 27.1. The molecule has 0 aliphatic rings. The van der Waals surface area contributed by atoms with Crippen molar-refractivity contribution in [3.63, 3.8) is 0 Å². The molecule has 0 bridgehead atoms. The summed E-state index contributed by atoms with van der Waals surface area (Å²) in [7, 11) is 3.79. The lowest BCUT2D eigenvalue weighted by Crippen LogP contribution is -2.41. The summed E-state index contributed by atoms with van der Waals surface area (Å²) in [5.41, 5.74) is 0. The van der Waals surface area contributed by atoms with Crippen LogP contribution in [0.5, 0.6) is 0 Å². The van der Waals surface area contributed by atoms with E-state index in [4.69, 9.17) is 17.5 Å². The second-order valence-electron chi connectivity index (χ2n) is 14.9. The van der Waals surface area contributed by atoms with Gasteiger partial charge in [-0.05, 0) is 26.7 Å². The maximum atomic E-state index is 11.7. The fraction of sp³-hybridized carbons (Fsp3) is 0.947. The number of hydrogen-bond acceptors (Lipinski definition) is 6. The van der Waals surface area contributed by atoms with Gasteiger partial charge >= 0.3 is 0 Å². The molecule has 2 N–H and O–H groups in total. The minimum Gasteiger partial charge on any atom is -0.759 e. The molecule has 0 heterocycles. The second-order valence-corrected chi connectivity index (χ2v) is 15.7. The van der Waals surface area contributed by atoms with E-state index in [1.807, 2.05) is 0 Å². The number of quaternary nitrogens is 2. The average Bonchev–Trinajstić information content (AvgIpc) is 3.03. The molecule has 0 aromatic carbocycles. The third-order valence-electron chi connectivity index (χ3n) is 9.25. The summed E-state index contributed by atoms with van der Waals surface area (Å²) in [6, 6.07) is 0. The monoisotopic (exact) mass is 723 g/mol. The number of rotatable bonds is 30. The SMILES string of the molecule is CCCCCCCCCCCC(=O)NCCC[N+](C)(C)CC.CCCCCCCCCCCC(=O)NCCC[N+](C)(C)CC.O=S(=O)([O-])[O-]. The number of unbranched alkanes of at least 4 members (excludes halogenated alkanes) is 16. The first-order valence-electron chi connectivity index (χ1n) is 19.9. The summed E-state index contributed by atoms with van der Waals surface area (Å²) >= 11 is 0. The standard InChI is InChI=1S/2C19H40N2O.H2O4S/c2*1-5-7-8-9-10-11-12-13-14-16-19(22)20-17-15-18-21(3,4)6-2;1-5(2,3)4/h2*5-18H2,1-4H3;(H2,1,2,3,4). The Bertz CT molecular complexity index is 791. The van der Waals surface area contributed by atoms with E-state index in [0.29, 0.717) is 12.8 Å². The normalized spacial score (nSPS) is 11.6. The molecule has 0 radical (unpaired) electrons. The molecule has 0 saturated heterocycles. The van der Waals surface area contributed by atoms with Crippen LogP contribution in [0.15, 0.2) is 0 Å². The molecule has 0 fully saturated rings. The van der Waals surface area contributed by atoms with Gasteiger partial charge < -0.3 is 28.7 Å². The molecule has 11 heteroatoms. The highest BCUT2D eigenvalue weighted by Crippen LogP contribution is 2.11. The molecule has 0 unspecified atom stereocenters. The van der Waals surface area contributed by atoms with Gasteiger partial charge in [0.05, 0.1) is 54.4 Å². The number of nitrogens with zero attached hydrogens (tertiary/aromatic N) is 2. The first-order chi connectivity index (χ1) is 23.0. The minimum absolute atomic E-state index is 0.241. The van der Waals surface area contributed by atoms with Crippen molar-refractivity contribution in [1.82, 2.24) is 10.6 Å². The maximum absolute atomic E-state index is 11.7. The van der Waals surface area contributed by atoms with Crippen LogP contribution in [0.25, 0.3) is 0 Å². The van der Waals surface area contributed by atoms with E-state index in [1.165, 1.54) is 103 Å². The third-order valence-corrected chi connectivity index (χ3v) is 9.25. The van der Waals surface area contributed by atoms with Gasteiger partial charge in [-0.25, -0.2) is 0 Å². The fourth-order valence-electron chi connectivity index (χ4n) is 5.16. The molecule has 0 aromatic rings. The van der Waals surface area contributed by atoms with E-state index in [2.05, 4.69) is 66.5 Å². The van der Waals surface area contributed by atoms with Crippen LogP contribution in [0.1, 0.15) is 169 Å². The smallest absolute Gasteiger partial charge is 0.219 e. The minimum atomic E-state index is -5.17. The van der Waals surface area contributed by atoms with Gasteiger partial charge in [-0.3, -0.25) is 18.0 Å². The van der Waals surface area contributed by atoms with Crippen LogP contribution < -0.4 is 10.6 Å². The molecule has 2 amide bonds. The Balaban J connectivity index is -0.000000757. The molecule has 0 spiro atoms. The Hall–Kier alpha value is -1.27. The zero-order chi connectivity index (χ0) is 37.9. The van der Waals surface area contributed by atoms with Crippen LogP contribution in [0.2, 0.25) is 0 Å². The number of amides is 2. The number of carbonyl (C=O) groups excluding carboxylic acids is 2. The topological polar surface area (TPSA) is 138 Å². The van der Waals surface area contributed by atoms with Gasteiger partial charge in [0, 0.05) is 49.2 Å². The predicted octanol–water partition coefficient (Wildman–Crippen LogP) is 7.68. The van der Waals surface area contributed by atoms with Gasteiger partial charge in [-0.2, -0.15) is 0 Å². The van der Waals surface area contributed by atoms with Crippen LogP contribution >= 0.6 is 0 Å². The largest absolute Gasteiger partial charge is 0.759 e. The molecule has 296 valence electrons. The fourth-order valence-corrected chi connectivity index (χ4v) is 5.16. The highest BCUT2D eigenvalue weighted by atomic mass is 32.3. The van der Waals surface area contributed by atoms with Crippen molar-refractivity contribution in [3.05, 3.63) is 0 Å². The summed E-state index contributed by atoms with van der Waals surface area (Å²) in [4.78, 5) is 23.5. The van der Waals surface area contributed by atoms with Crippen LogP contribution in [0.3, 0.4) is 0 Å². The molecule has 0 aliphatic heterocycles. The zero-order valence-corrected chi connectivity index (χ0v) is 34.4. The van der Waals surface area contributed by atoms with Crippen molar-refractivity contribution in [2.24, 2.45) is 0 Å². The quantitative estimate of drug-likeness (QED) is 0.0338. The first-order valence-corrected chi connectivity index (χ1v) is 21.2. The molecule has 0 atom stereocenters. The highest BCUT2D eigenvalue weighted by molar-refractivity contribution is 7.79. The molecule has 10 nitrogen and oxygen atoms in total. The molecule has 49 heavy (non-hydrogen) atoms. The van der Waals surface area contributed by atoms with Gasteiger partial charge in [-0.15, -0.1) is 0 Å². The molecule has 0 saturated carbocycles. The Morgan fingerprint density at radius 1 is 0.469 bits per heavy atom. The van der Waals surface area contributed by atoms with Crippen LogP contribution in [0, 0.1) is 0 Å². The average molecular weight is 723 g/mol. The van der Waals surface area contributed by atoms with Crippen molar-refractivity contribution in [3.8, 4) is 0 Å². The molecule has 0 aliphatic carbocycles. The van der Waals surface area contributed by atoms with Crippen molar-refractivity contribution < 1.29 is 36.1 Å². The van der Waals surface area contributed by atoms with Gasteiger partial charge in [0.25, 0.3) is 0 Å². The summed E-state index contributed by atoms with van der Waals surface area (Å²) in [5.74, 6) is 0.481. The number of carbonyl (C=O) groups is 2. The Morgan fingerprint density at radius 2 is 0.714 bits per heavy atom. The van der Waals surface area contributed by atoms with Crippen molar-refractivity contribution in [1.29, 1.82) is 0 Å². The Kier molecular flexibility index (Phi) is 37.4. The predicted molar refractivity (Wildman–Crippen MR) is 204 cm³/mol. The molecular formula is C38H82N4O6S. The van der Waals surface area contributed by atoms with Gasteiger partial charge in [-0.1, -0.05) is 117 Å².